The van der Waals surface area contributed by atoms with Crippen LogP contribution in [0, 0.1) is 17.2 Å². The number of nitrogens with zero attached hydrogens (tertiary/aromatic N) is 2. The van der Waals surface area contributed by atoms with Gasteiger partial charge in [0.2, 0.25) is 0 Å². The van der Waals surface area contributed by atoms with E-state index in [0.717, 1.165) is 25.3 Å². The molecule has 1 fully saturated rings. The Kier molecular flexibility index (Phi) is 5.37. The summed E-state index contributed by atoms with van der Waals surface area (Å²) in [5.74, 6) is 1.49. The topological polar surface area (TPSA) is 57.9 Å². The van der Waals surface area contributed by atoms with E-state index in [2.05, 4.69) is 30.2 Å². The van der Waals surface area contributed by atoms with Gasteiger partial charge >= 0.3 is 0 Å². The highest BCUT2D eigenvalue weighted by Gasteiger charge is 2.27. The molecular weight excluding hydrogens is 250 g/mol. The fourth-order valence-electron chi connectivity index (χ4n) is 2.86. The molecule has 4 heteroatoms. The van der Waals surface area contributed by atoms with Gasteiger partial charge in [0.15, 0.2) is 0 Å². The van der Waals surface area contributed by atoms with Crippen molar-refractivity contribution in [2.24, 2.45) is 5.92 Å². The van der Waals surface area contributed by atoms with Gasteiger partial charge in [-0.15, -0.1) is 0 Å². The number of ether oxygens (including phenoxy) is 1. The Bertz CT molecular complexity index is 448. The van der Waals surface area contributed by atoms with E-state index in [9.17, 15) is 0 Å². The van der Waals surface area contributed by atoms with Crippen molar-refractivity contribution in [3.05, 3.63) is 23.9 Å². The van der Waals surface area contributed by atoms with Crippen LogP contribution in [0.15, 0.2) is 18.3 Å². The van der Waals surface area contributed by atoms with Gasteiger partial charge in [-0.1, -0.05) is 26.7 Å². The fraction of sp³-hybridized carbons (Fsp3) is 0.625. The first kappa shape index (κ1) is 14.8. The molecule has 1 aromatic heterocycles. The molecule has 2 atom stereocenters. The number of aromatic nitrogens is 1. The molecule has 20 heavy (non-hydrogen) atoms. The van der Waals surface area contributed by atoms with Crippen molar-refractivity contribution < 1.29 is 4.74 Å². The van der Waals surface area contributed by atoms with Crippen LogP contribution in [0.4, 0.5) is 5.82 Å². The first-order valence-corrected chi connectivity index (χ1v) is 7.51. The molecule has 2 heterocycles. The van der Waals surface area contributed by atoms with E-state index in [-0.39, 0.29) is 0 Å². The van der Waals surface area contributed by atoms with Crippen LogP contribution in [-0.2, 0) is 4.74 Å². The monoisotopic (exact) mass is 273 g/mol. The van der Waals surface area contributed by atoms with Crippen LogP contribution in [0.2, 0.25) is 0 Å². The highest BCUT2D eigenvalue weighted by molar-refractivity contribution is 5.39. The summed E-state index contributed by atoms with van der Waals surface area (Å²) in [5.41, 5.74) is 0.595. The zero-order chi connectivity index (χ0) is 14.4. The van der Waals surface area contributed by atoms with E-state index >= 15 is 0 Å². The first-order chi connectivity index (χ1) is 9.76. The minimum atomic E-state index is 0.356. The lowest BCUT2D eigenvalue weighted by Crippen LogP contribution is -2.38. The van der Waals surface area contributed by atoms with Crippen molar-refractivity contribution in [2.75, 3.05) is 11.9 Å². The second kappa shape index (κ2) is 7.25. The van der Waals surface area contributed by atoms with Gasteiger partial charge in [0, 0.05) is 18.8 Å². The van der Waals surface area contributed by atoms with Crippen LogP contribution >= 0.6 is 0 Å². The number of pyridine rings is 1. The van der Waals surface area contributed by atoms with Gasteiger partial charge in [-0.3, -0.25) is 0 Å². The molecule has 108 valence electrons. The van der Waals surface area contributed by atoms with E-state index in [0.29, 0.717) is 23.6 Å². The Morgan fingerprint density at radius 3 is 2.85 bits per heavy atom. The maximum absolute atomic E-state index is 8.77. The Morgan fingerprint density at radius 2 is 2.25 bits per heavy atom. The maximum atomic E-state index is 8.77. The van der Waals surface area contributed by atoms with Crippen molar-refractivity contribution in [1.82, 2.24) is 4.98 Å². The number of hydrogen-bond acceptors (Lipinski definition) is 4. The summed E-state index contributed by atoms with van der Waals surface area (Å²) in [7, 11) is 0. The normalized spacial score (nSPS) is 22.5. The third-order valence-corrected chi connectivity index (χ3v) is 4.13. The van der Waals surface area contributed by atoms with Crippen LogP contribution in [0.1, 0.15) is 45.1 Å². The number of hydrogen-bond donors (Lipinski definition) is 1. The molecule has 2 rings (SSSR count). The summed E-state index contributed by atoms with van der Waals surface area (Å²) in [6, 6.07) is 6.17. The van der Waals surface area contributed by atoms with Crippen LogP contribution in [0.3, 0.4) is 0 Å². The van der Waals surface area contributed by atoms with Crippen molar-refractivity contribution in [3.8, 4) is 6.07 Å². The quantitative estimate of drug-likeness (QED) is 0.893. The fourth-order valence-corrected chi connectivity index (χ4v) is 2.86. The van der Waals surface area contributed by atoms with Gasteiger partial charge in [0.25, 0.3) is 0 Å². The zero-order valence-electron chi connectivity index (χ0n) is 12.3. The summed E-state index contributed by atoms with van der Waals surface area (Å²) < 4.78 is 5.92. The highest BCUT2D eigenvalue weighted by Crippen LogP contribution is 2.26. The molecule has 1 aliphatic rings. The molecule has 1 aliphatic heterocycles. The van der Waals surface area contributed by atoms with Gasteiger partial charge in [0.05, 0.1) is 11.7 Å². The predicted molar refractivity (Wildman–Crippen MR) is 79.4 cm³/mol. The van der Waals surface area contributed by atoms with E-state index in [4.69, 9.17) is 10.00 Å². The third-order valence-electron chi connectivity index (χ3n) is 4.13. The molecule has 0 aromatic carbocycles. The molecule has 1 aromatic rings. The summed E-state index contributed by atoms with van der Waals surface area (Å²) in [5, 5.41) is 12.2. The van der Waals surface area contributed by atoms with Crippen molar-refractivity contribution >= 4 is 5.82 Å². The molecule has 0 radical (unpaired) electrons. The number of nitrogens with one attached hydrogen (secondary N) is 1. The molecular formula is C16H23N3O. The van der Waals surface area contributed by atoms with Crippen molar-refractivity contribution in [1.29, 1.82) is 5.26 Å². The van der Waals surface area contributed by atoms with Crippen LogP contribution in [0.25, 0.3) is 0 Å². The molecule has 0 bridgehead atoms. The minimum Gasteiger partial charge on any atom is -0.378 e. The smallest absolute Gasteiger partial charge is 0.126 e. The molecule has 0 spiro atoms. The van der Waals surface area contributed by atoms with Gasteiger partial charge in [-0.05, 0) is 30.9 Å². The molecule has 1 N–H and O–H groups in total. The summed E-state index contributed by atoms with van der Waals surface area (Å²) in [6.45, 7) is 5.28. The van der Waals surface area contributed by atoms with E-state index in [1.807, 2.05) is 6.07 Å². The SMILES string of the molecule is CCC(CC)C1CC(Nc2ccc(C#N)cn2)CCO1. The molecule has 0 saturated carbocycles. The Labute approximate surface area is 121 Å². The molecule has 4 nitrogen and oxygen atoms in total. The summed E-state index contributed by atoms with van der Waals surface area (Å²) in [6.07, 6.45) is 6.35. The van der Waals surface area contributed by atoms with Crippen LogP contribution in [-0.4, -0.2) is 23.7 Å². The lowest BCUT2D eigenvalue weighted by atomic mass is 9.89. The van der Waals surface area contributed by atoms with Crippen molar-refractivity contribution in [2.45, 2.75) is 51.7 Å². The number of nitriles is 1. The lowest BCUT2D eigenvalue weighted by Gasteiger charge is -2.34. The summed E-state index contributed by atoms with van der Waals surface area (Å²) >= 11 is 0. The molecule has 2 unspecified atom stereocenters. The van der Waals surface area contributed by atoms with Gasteiger partial charge < -0.3 is 10.1 Å². The van der Waals surface area contributed by atoms with E-state index in [1.54, 1.807) is 12.3 Å². The van der Waals surface area contributed by atoms with Gasteiger partial charge in [-0.2, -0.15) is 5.26 Å². The Morgan fingerprint density at radius 1 is 1.45 bits per heavy atom. The third kappa shape index (κ3) is 3.71. The standard InChI is InChI=1S/C16H23N3O/c1-3-13(4-2)15-9-14(7-8-20-15)19-16-6-5-12(10-17)11-18-16/h5-6,11,13-15H,3-4,7-9H2,1-2H3,(H,18,19). The zero-order valence-corrected chi connectivity index (χ0v) is 12.3. The average molecular weight is 273 g/mol. The number of rotatable bonds is 5. The minimum absolute atomic E-state index is 0.356. The average Bonchev–Trinajstić information content (AvgIpc) is 2.50. The van der Waals surface area contributed by atoms with Gasteiger partial charge in [0.1, 0.15) is 11.9 Å². The van der Waals surface area contributed by atoms with Crippen molar-refractivity contribution in [3.63, 3.8) is 0 Å². The van der Waals surface area contributed by atoms with Crippen LogP contribution in [0.5, 0.6) is 0 Å². The van der Waals surface area contributed by atoms with Gasteiger partial charge in [-0.25, -0.2) is 4.98 Å². The molecule has 0 aliphatic carbocycles. The highest BCUT2D eigenvalue weighted by atomic mass is 16.5. The summed E-state index contributed by atoms with van der Waals surface area (Å²) in [4.78, 5) is 4.28. The largest absolute Gasteiger partial charge is 0.378 e. The van der Waals surface area contributed by atoms with E-state index in [1.165, 1.54) is 12.8 Å². The number of anilines is 1. The second-order valence-electron chi connectivity index (χ2n) is 5.40. The first-order valence-electron chi connectivity index (χ1n) is 7.51. The Balaban J connectivity index is 1.93. The van der Waals surface area contributed by atoms with Crippen LogP contribution < -0.4 is 5.32 Å². The Hall–Kier alpha value is -1.60. The maximum Gasteiger partial charge on any atom is 0.126 e. The predicted octanol–water partition coefficient (Wildman–Crippen LogP) is 3.35. The second-order valence-corrected chi connectivity index (χ2v) is 5.40. The lowest BCUT2D eigenvalue weighted by molar-refractivity contribution is -0.0271. The molecule has 1 saturated heterocycles. The molecule has 0 amide bonds. The van der Waals surface area contributed by atoms with E-state index < -0.39 is 0 Å².